The average Bonchev–Trinajstić information content (AvgIpc) is 3.23. The van der Waals surface area contributed by atoms with Crippen LogP contribution in [-0.4, -0.2) is 54.3 Å². The Morgan fingerprint density at radius 2 is 1.53 bits per heavy atom. The second-order valence-electron chi connectivity index (χ2n) is 7.20. The molecule has 0 aliphatic heterocycles. The molecule has 0 radical (unpaired) electrons. The van der Waals surface area contributed by atoms with Gasteiger partial charge in [-0.1, -0.05) is 48.5 Å². The molecule has 14 heteroatoms. The van der Waals surface area contributed by atoms with Crippen molar-refractivity contribution in [1.29, 1.82) is 0 Å². The van der Waals surface area contributed by atoms with Crippen LogP contribution in [0.15, 0.2) is 67.0 Å². The van der Waals surface area contributed by atoms with Crippen molar-refractivity contribution in [3.05, 3.63) is 78.1 Å². The summed E-state index contributed by atoms with van der Waals surface area (Å²) >= 11 is 0. The first-order valence-corrected chi connectivity index (χ1v) is 12.0. The molecular formula is C20H17NNa2O9S2. The Balaban J connectivity index is 0.00000204. The third-order valence-electron chi connectivity index (χ3n) is 5.23. The van der Waals surface area contributed by atoms with E-state index in [1.807, 2.05) is 0 Å². The van der Waals surface area contributed by atoms with E-state index in [9.17, 15) is 31.0 Å². The first-order valence-electron chi connectivity index (χ1n) is 9.32. The molecule has 1 aromatic heterocycles. The van der Waals surface area contributed by atoms with E-state index in [0.717, 1.165) is 5.39 Å². The number of aromatic nitrogens is 1. The summed E-state index contributed by atoms with van der Waals surface area (Å²) in [7, 11) is -10.8. The molecule has 1 heterocycles. The summed E-state index contributed by atoms with van der Waals surface area (Å²) in [5, 5.41) is 12.3. The second-order valence-corrected chi connectivity index (χ2v) is 9.22. The van der Waals surface area contributed by atoms with Gasteiger partial charge in [0.05, 0.1) is 6.10 Å². The summed E-state index contributed by atoms with van der Waals surface area (Å²) < 4.78 is 77.9. The van der Waals surface area contributed by atoms with Crippen LogP contribution in [0.3, 0.4) is 0 Å². The zero-order valence-electron chi connectivity index (χ0n) is 18.2. The Kier molecular flexibility index (Phi) is 10.2. The molecule has 4 atom stereocenters. The molecule has 4 rings (SSSR count). The third kappa shape index (κ3) is 6.79. The van der Waals surface area contributed by atoms with E-state index in [0.29, 0.717) is 16.5 Å². The number of aromatic amines is 1. The van der Waals surface area contributed by atoms with Crippen molar-refractivity contribution < 1.29 is 98.5 Å². The van der Waals surface area contributed by atoms with Crippen LogP contribution in [-0.2, 0) is 29.2 Å². The fourth-order valence-electron chi connectivity index (χ4n) is 3.98. The molecule has 1 aliphatic carbocycles. The van der Waals surface area contributed by atoms with Gasteiger partial charge in [0.1, 0.15) is 12.2 Å². The van der Waals surface area contributed by atoms with Crippen LogP contribution in [0, 0.1) is 0 Å². The van der Waals surface area contributed by atoms with Crippen molar-refractivity contribution in [2.75, 3.05) is 0 Å². The van der Waals surface area contributed by atoms with Crippen LogP contribution in [0.25, 0.3) is 16.3 Å². The van der Waals surface area contributed by atoms with Gasteiger partial charge in [-0.15, -0.1) is 0 Å². The summed E-state index contributed by atoms with van der Waals surface area (Å²) in [4.78, 5) is 2.81. The Labute approximate surface area is 240 Å². The van der Waals surface area contributed by atoms with Crippen molar-refractivity contribution in [3.8, 4) is 0 Å². The Morgan fingerprint density at radius 1 is 0.882 bits per heavy atom. The fraction of sp³-hybridized carbons (Fsp3) is 0.200. The minimum Gasteiger partial charge on any atom is -0.726 e. The van der Waals surface area contributed by atoms with Gasteiger partial charge in [0.15, 0.2) is 0 Å². The SMILES string of the molecule is O=S(=O)([O-])O[C@H]1[C@H](O)[C@@H](c2cc[nH]c2)C=C(c2cccc3ccccc23)[C@H]1OS(=O)(=O)[O-].[Na+].[Na+]. The van der Waals surface area contributed by atoms with Gasteiger partial charge in [-0.25, -0.2) is 16.8 Å². The van der Waals surface area contributed by atoms with E-state index in [4.69, 9.17) is 0 Å². The Bertz CT molecular complexity index is 1370. The van der Waals surface area contributed by atoms with Crippen molar-refractivity contribution in [1.82, 2.24) is 4.98 Å². The second kappa shape index (κ2) is 11.6. The number of aliphatic hydroxyl groups is 1. The molecule has 2 N–H and O–H groups in total. The number of nitrogens with one attached hydrogen (secondary N) is 1. The minimum absolute atomic E-state index is 0. The molecule has 0 fully saturated rings. The van der Waals surface area contributed by atoms with Crippen molar-refractivity contribution >= 4 is 37.1 Å². The Morgan fingerprint density at radius 3 is 2.15 bits per heavy atom. The van der Waals surface area contributed by atoms with E-state index in [1.165, 1.54) is 6.08 Å². The summed E-state index contributed by atoms with van der Waals surface area (Å²) in [5.74, 6) is -0.906. The number of rotatable bonds is 6. The molecule has 0 amide bonds. The van der Waals surface area contributed by atoms with Gasteiger partial charge in [-0.3, -0.25) is 8.37 Å². The zero-order valence-corrected chi connectivity index (χ0v) is 23.8. The minimum atomic E-state index is -5.41. The van der Waals surface area contributed by atoms with E-state index >= 15 is 0 Å². The first-order chi connectivity index (χ1) is 15.0. The van der Waals surface area contributed by atoms with Gasteiger partial charge in [0, 0.05) is 18.3 Å². The molecule has 0 unspecified atom stereocenters. The van der Waals surface area contributed by atoms with Crippen LogP contribution in [0.4, 0.5) is 0 Å². The average molecular weight is 525 g/mol. The number of H-pyrrole nitrogens is 1. The van der Waals surface area contributed by atoms with Crippen LogP contribution in [0.1, 0.15) is 17.0 Å². The molecule has 2 aromatic carbocycles. The van der Waals surface area contributed by atoms with Gasteiger partial charge < -0.3 is 19.2 Å². The van der Waals surface area contributed by atoms with Gasteiger partial charge >= 0.3 is 59.1 Å². The number of hydrogen-bond donors (Lipinski definition) is 2. The quantitative estimate of drug-likeness (QED) is 0.183. The number of benzene rings is 2. The van der Waals surface area contributed by atoms with Crippen LogP contribution in [0.5, 0.6) is 0 Å². The molecule has 3 aromatic rings. The molecule has 0 spiro atoms. The molecule has 170 valence electrons. The molecule has 34 heavy (non-hydrogen) atoms. The predicted molar refractivity (Wildman–Crippen MR) is 111 cm³/mol. The topological polar surface area (TPSA) is 169 Å². The van der Waals surface area contributed by atoms with Crippen molar-refractivity contribution in [2.45, 2.75) is 24.2 Å². The predicted octanol–water partition coefficient (Wildman–Crippen LogP) is -4.59. The summed E-state index contributed by atoms with van der Waals surface area (Å²) in [6.45, 7) is 0. The summed E-state index contributed by atoms with van der Waals surface area (Å²) in [6.07, 6.45) is -1.03. The first kappa shape index (κ1) is 29.6. The molecule has 0 bridgehead atoms. The van der Waals surface area contributed by atoms with Crippen LogP contribution < -0.4 is 59.1 Å². The maximum absolute atomic E-state index is 11.5. The Hall–Kier alpha value is -0.580. The normalized spacial score (nSPS) is 23.0. The number of fused-ring (bicyclic) bond motifs is 1. The van der Waals surface area contributed by atoms with Crippen molar-refractivity contribution in [3.63, 3.8) is 0 Å². The van der Waals surface area contributed by atoms with Crippen molar-refractivity contribution in [2.24, 2.45) is 0 Å². The molecule has 10 nitrogen and oxygen atoms in total. The third-order valence-corrected chi connectivity index (χ3v) is 6.13. The molecule has 0 saturated carbocycles. The fourth-order valence-corrected chi connectivity index (χ4v) is 4.94. The van der Waals surface area contributed by atoms with Crippen LogP contribution >= 0.6 is 0 Å². The summed E-state index contributed by atoms with van der Waals surface area (Å²) in [5.41, 5.74) is 1.00. The number of aliphatic hydroxyl groups excluding tert-OH is 1. The smallest absolute Gasteiger partial charge is 0.726 e. The molecule has 1 aliphatic rings. The van der Waals surface area contributed by atoms with E-state index in [1.54, 1.807) is 60.9 Å². The van der Waals surface area contributed by atoms with Gasteiger partial charge in [-0.05, 0) is 33.5 Å². The van der Waals surface area contributed by atoms with Gasteiger partial charge in [0.2, 0.25) is 20.8 Å². The molecule has 0 saturated heterocycles. The maximum atomic E-state index is 11.5. The number of hydrogen-bond acceptors (Lipinski definition) is 9. The summed E-state index contributed by atoms with van der Waals surface area (Å²) in [6, 6.07) is 13.8. The monoisotopic (exact) mass is 525 g/mol. The van der Waals surface area contributed by atoms with Gasteiger partial charge in [0.25, 0.3) is 0 Å². The molecular weight excluding hydrogens is 508 g/mol. The van der Waals surface area contributed by atoms with E-state index in [-0.39, 0.29) is 64.7 Å². The standard InChI is InChI=1S/C20H19NO9S2.2Na/c22-18-16(13-8-9-21-11-13)10-17(15-7-3-5-12-4-1-2-6-14(12)15)19(29-31(23,24)25)20(18)30-32(26,27)28;;/h1-11,16,18-22H,(H,23,24,25)(H,26,27,28);;/q;2*+1/p-2/t16-,18-,19-,20+;;/m1../s1. The maximum Gasteiger partial charge on any atom is 1.00 e. The largest absolute Gasteiger partial charge is 1.00 e. The van der Waals surface area contributed by atoms with Crippen LogP contribution in [0.2, 0.25) is 0 Å². The van der Waals surface area contributed by atoms with E-state index < -0.39 is 45.0 Å². The van der Waals surface area contributed by atoms with Gasteiger partial charge in [-0.2, -0.15) is 0 Å². The zero-order chi connectivity index (χ0) is 23.1. The van der Waals surface area contributed by atoms with E-state index in [2.05, 4.69) is 13.4 Å².